The highest BCUT2D eigenvalue weighted by Crippen LogP contribution is 2.27. The third kappa shape index (κ3) is 7.65. The standard InChI is InChI=1S/C15H32N2S/c1-2-3-4-5-6-7-8-15(17-16)13-14-9-11-18-12-10-14/h14-15,17H,2-13,16H2,1H3. The van der Waals surface area contributed by atoms with Crippen molar-refractivity contribution < 1.29 is 0 Å². The van der Waals surface area contributed by atoms with Crippen LogP contribution >= 0.6 is 11.8 Å². The molecule has 0 aromatic carbocycles. The largest absolute Gasteiger partial charge is 0.271 e. The Morgan fingerprint density at radius 1 is 1.11 bits per heavy atom. The van der Waals surface area contributed by atoms with E-state index < -0.39 is 0 Å². The van der Waals surface area contributed by atoms with E-state index in [2.05, 4.69) is 24.1 Å². The highest BCUT2D eigenvalue weighted by Gasteiger charge is 2.18. The van der Waals surface area contributed by atoms with E-state index >= 15 is 0 Å². The molecule has 1 heterocycles. The van der Waals surface area contributed by atoms with Crippen molar-refractivity contribution in [3.05, 3.63) is 0 Å². The van der Waals surface area contributed by atoms with Crippen LogP contribution in [0.5, 0.6) is 0 Å². The summed E-state index contributed by atoms with van der Waals surface area (Å²) in [6.07, 6.45) is 13.7. The smallest absolute Gasteiger partial charge is 0.0213 e. The van der Waals surface area contributed by atoms with E-state index in [1.807, 2.05) is 0 Å². The summed E-state index contributed by atoms with van der Waals surface area (Å²) in [5.74, 6) is 9.34. The summed E-state index contributed by atoms with van der Waals surface area (Å²) in [5.41, 5.74) is 3.04. The number of unbranched alkanes of at least 4 members (excludes halogenated alkanes) is 5. The quantitative estimate of drug-likeness (QED) is 0.357. The van der Waals surface area contributed by atoms with Crippen LogP contribution in [-0.4, -0.2) is 17.5 Å². The average Bonchev–Trinajstić information content (AvgIpc) is 2.42. The molecule has 18 heavy (non-hydrogen) atoms. The van der Waals surface area contributed by atoms with Crippen LogP contribution in [0.3, 0.4) is 0 Å². The van der Waals surface area contributed by atoms with Gasteiger partial charge in [-0.15, -0.1) is 0 Å². The maximum atomic E-state index is 5.70. The van der Waals surface area contributed by atoms with Crippen LogP contribution in [0.2, 0.25) is 0 Å². The predicted octanol–water partition coefficient (Wildman–Crippen LogP) is 4.10. The highest BCUT2D eigenvalue weighted by molar-refractivity contribution is 7.99. The SMILES string of the molecule is CCCCCCCCC(CC1CCSCC1)NN. The molecule has 1 saturated heterocycles. The third-order valence-electron chi connectivity index (χ3n) is 4.10. The molecule has 3 N–H and O–H groups in total. The van der Waals surface area contributed by atoms with E-state index in [1.165, 1.54) is 75.7 Å². The van der Waals surface area contributed by atoms with Gasteiger partial charge in [-0.3, -0.25) is 11.3 Å². The van der Waals surface area contributed by atoms with Gasteiger partial charge in [-0.2, -0.15) is 11.8 Å². The van der Waals surface area contributed by atoms with Crippen LogP contribution in [0.25, 0.3) is 0 Å². The van der Waals surface area contributed by atoms with Crippen molar-refractivity contribution in [3.63, 3.8) is 0 Å². The minimum atomic E-state index is 0.560. The number of thioether (sulfide) groups is 1. The fraction of sp³-hybridized carbons (Fsp3) is 1.00. The molecule has 0 radical (unpaired) electrons. The summed E-state index contributed by atoms with van der Waals surface area (Å²) in [6.45, 7) is 2.27. The maximum Gasteiger partial charge on any atom is 0.0213 e. The first-order valence-electron chi connectivity index (χ1n) is 7.90. The number of hydrogen-bond donors (Lipinski definition) is 2. The van der Waals surface area contributed by atoms with Crippen LogP contribution in [0, 0.1) is 5.92 Å². The minimum absolute atomic E-state index is 0.560. The third-order valence-corrected chi connectivity index (χ3v) is 5.15. The Bertz CT molecular complexity index is 181. The molecule has 3 heteroatoms. The van der Waals surface area contributed by atoms with Gasteiger partial charge in [-0.05, 0) is 43.1 Å². The predicted molar refractivity (Wildman–Crippen MR) is 83.8 cm³/mol. The Labute approximate surface area is 118 Å². The first kappa shape index (κ1) is 16.3. The summed E-state index contributed by atoms with van der Waals surface area (Å²) >= 11 is 2.11. The average molecular weight is 273 g/mol. The van der Waals surface area contributed by atoms with Gasteiger partial charge < -0.3 is 0 Å². The summed E-state index contributed by atoms with van der Waals surface area (Å²) in [7, 11) is 0. The summed E-state index contributed by atoms with van der Waals surface area (Å²) in [6, 6.07) is 0.560. The normalized spacial score (nSPS) is 19.0. The second-order valence-corrected chi connectivity index (χ2v) is 6.94. The maximum absolute atomic E-state index is 5.70. The molecule has 1 rings (SSSR count). The van der Waals surface area contributed by atoms with Crippen molar-refractivity contribution in [1.29, 1.82) is 0 Å². The zero-order valence-corrected chi connectivity index (χ0v) is 12.9. The lowest BCUT2D eigenvalue weighted by molar-refractivity contribution is 0.346. The van der Waals surface area contributed by atoms with Crippen molar-refractivity contribution in [2.24, 2.45) is 11.8 Å². The van der Waals surface area contributed by atoms with Gasteiger partial charge in [0.2, 0.25) is 0 Å². The minimum Gasteiger partial charge on any atom is -0.271 e. The molecular weight excluding hydrogens is 240 g/mol. The van der Waals surface area contributed by atoms with Gasteiger partial charge in [0.15, 0.2) is 0 Å². The molecular formula is C15H32N2S. The Kier molecular flexibility index (Phi) is 10.1. The molecule has 1 fully saturated rings. The molecule has 0 amide bonds. The monoisotopic (exact) mass is 272 g/mol. The lowest BCUT2D eigenvalue weighted by Crippen LogP contribution is -2.37. The Morgan fingerprint density at radius 3 is 2.44 bits per heavy atom. The lowest BCUT2D eigenvalue weighted by Gasteiger charge is -2.26. The second-order valence-electron chi connectivity index (χ2n) is 5.71. The van der Waals surface area contributed by atoms with Crippen LogP contribution in [0.1, 0.15) is 71.1 Å². The van der Waals surface area contributed by atoms with Crippen molar-refractivity contribution in [3.8, 4) is 0 Å². The number of nitrogens with two attached hydrogens (primary N) is 1. The number of hydrazine groups is 1. The molecule has 0 aliphatic carbocycles. The van der Waals surface area contributed by atoms with Crippen LogP contribution in [-0.2, 0) is 0 Å². The fourth-order valence-corrected chi connectivity index (χ4v) is 4.03. The number of nitrogens with one attached hydrogen (secondary N) is 1. The van der Waals surface area contributed by atoms with Gasteiger partial charge in [0.25, 0.3) is 0 Å². The molecule has 1 aliphatic rings. The molecule has 1 atom stereocenters. The molecule has 0 saturated carbocycles. The van der Waals surface area contributed by atoms with Gasteiger partial charge >= 0.3 is 0 Å². The van der Waals surface area contributed by atoms with Crippen molar-refractivity contribution in [2.45, 2.75) is 77.2 Å². The first-order valence-corrected chi connectivity index (χ1v) is 9.06. The van der Waals surface area contributed by atoms with Gasteiger partial charge in [0, 0.05) is 6.04 Å². The summed E-state index contributed by atoms with van der Waals surface area (Å²) in [4.78, 5) is 0. The van der Waals surface area contributed by atoms with E-state index in [1.54, 1.807) is 0 Å². The fourth-order valence-electron chi connectivity index (χ4n) is 2.82. The second kappa shape index (κ2) is 11.1. The van der Waals surface area contributed by atoms with Gasteiger partial charge in [-0.1, -0.05) is 45.4 Å². The van der Waals surface area contributed by atoms with Crippen molar-refractivity contribution in [1.82, 2.24) is 5.43 Å². The molecule has 2 nitrogen and oxygen atoms in total. The first-order chi connectivity index (χ1) is 8.86. The number of hydrogen-bond acceptors (Lipinski definition) is 3. The topological polar surface area (TPSA) is 38.0 Å². The molecule has 1 aliphatic heterocycles. The van der Waals surface area contributed by atoms with Gasteiger partial charge in [0.05, 0.1) is 0 Å². The highest BCUT2D eigenvalue weighted by atomic mass is 32.2. The molecule has 0 aromatic heterocycles. The van der Waals surface area contributed by atoms with E-state index in [9.17, 15) is 0 Å². The van der Waals surface area contributed by atoms with E-state index in [0.717, 1.165) is 5.92 Å². The number of rotatable bonds is 10. The van der Waals surface area contributed by atoms with Crippen LogP contribution < -0.4 is 11.3 Å². The Morgan fingerprint density at radius 2 is 1.78 bits per heavy atom. The molecule has 108 valence electrons. The molecule has 0 spiro atoms. The molecule has 0 bridgehead atoms. The molecule has 0 aromatic rings. The van der Waals surface area contributed by atoms with Crippen molar-refractivity contribution >= 4 is 11.8 Å². The van der Waals surface area contributed by atoms with Crippen molar-refractivity contribution in [2.75, 3.05) is 11.5 Å². The van der Waals surface area contributed by atoms with Crippen LogP contribution in [0.4, 0.5) is 0 Å². The Balaban J connectivity index is 2.01. The Hall–Kier alpha value is 0.270. The van der Waals surface area contributed by atoms with Gasteiger partial charge in [-0.25, -0.2) is 0 Å². The lowest BCUT2D eigenvalue weighted by atomic mass is 9.92. The van der Waals surface area contributed by atoms with E-state index in [-0.39, 0.29) is 0 Å². The zero-order valence-electron chi connectivity index (χ0n) is 12.1. The molecule has 1 unspecified atom stereocenters. The van der Waals surface area contributed by atoms with Gasteiger partial charge in [0.1, 0.15) is 0 Å². The van der Waals surface area contributed by atoms with E-state index in [4.69, 9.17) is 5.84 Å². The summed E-state index contributed by atoms with van der Waals surface area (Å²) in [5, 5.41) is 0. The summed E-state index contributed by atoms with van der Waals surface area (Å²) < 4.78 is 0. The van der Waals surface area contributed by atoms with Crippen LogP contribution in [0.15, 0.2) is 0 Å². The van der Waals surface area contributed by atoms with E-state index in [0.29, 0.717) is 6.04 Å². The zero-order chi connectivity index (χ0) is 13.1.